The second-order valence-corrected chi connectivity index (χ2v) is 5.53. The quantitative estimate of drug-likeness (QED) is 0.719. The number of aryl methyl sites for hydroxylation is 1. The molecule has 4 heteroatoms. The standard InChI is InChI=1S/C14H14N2OS/c1-10-15-8-13(18-10)9-16-6-5-11-7-12(17-2)3-4-14(11)16/h3-8H,9H2,1-2H3. The van der Waals surface area contributed by atoms with E-state index in [4.69, 9.17) is 4.74 Å². The number of methoxy groups -OCH3 is 1. The van der Waals surface area contributed by atoms with Crippen LogP contribution in [0.25, 0.3) is 10.9 Å². The zero-order valence-electron chi connectivity index (χ0n) is 10.4. The van der Waals surface area contributed by atoms with Crippen molar-refractivity contribution in [3.8, 4) is 5.75 Å². The number of hydrogen-bond donors (Lipinski definition) is 0. The first-order chi connectivity index (χ1) is 8.76. The summed E-state index contributed by atoms with van der Waals surface area (Å²) in [6.07, 6.45) is 4.06. The summed E-state index contributed by atoms with van der Waals surface area (Å²) in [5, 5.41) is 2.32. The van der Waals surface area contributed by atoms with Gasteiger partial charge >= 0.3 is 0 Å². The summed E-state index contributed by atoms with van der Waals surface area (Å²) >= 11 is 1.75. The molecule has 92 valence electrons. The monoisotopic (exact) mass is 258 g/mol. The van der Waals surface area contributed by atoms with E-state index in [2.05, 4.69) is 33.9 Å². The van der Waals surface area contributed by atoms with Gasteiger partial charge in [-0.05, 0) is 31.2 Å². The molecule has 18 heavy (non-hydrogen) atoms. The average Bonchev–Trinajstić information content (AvgIpc) is 2.96. The maximum Gasteiger partial charge on any atom is 0.119 e. The van der Waals surface area contributed by atoms with Gasteiger partial charge in [-0.2, -0.15) is 0 Å². The van der Waals surface area contributed by atoms with E-state index in [1.807, 2.05) is 19.2 Å². The van der Waals surface area contributed by atoms with Gasteiger partial charge in [-0.25, -0.2) is 4.98 Å². The van der Waals surface area contributed by atoms with E-state index in [0.29, 0.717) is 0 Å². The Kier molecular flexibility index (Phi) is 2.80. The van der Waals surface area contributed by atoms with Crippen LogP contribution in [0, 0.1) is 6.92 Å². The van der Waals surface area contributed by atoms with Gasteiger partial charge in [-0.1, -0.05) is 0 Å². The molecule has 0 spiro atoms. The predicted molar refractivity (Wildman–Crippen MR) is 74.4 cm³/mol. The Balaban J connectivity index is 1.97. The normalized spacial score (nSPS) is 11.0. The molecule has 1 aromatic carbocycles. The molecule has 0 amide bonds. The van der Waals surface area contributed by atoms with E-state index < -0.39 is 0 Å². The number of aromatic nitrogens is 2. The maximum atomic E-state index is 5.24. The fourth-order valence-corrected chi connectivity index (χ4v) is 2.88. The molecule has 0 N–H and O–H groups in total. The van der Waals surface area contributed by atoms with Crippen molar-refractivity contribution < 1.29 is 4.74 Å². The van der Waals surface area contributed by atoms with Crippen molar-refractivity contribution in [1.82, 2.24) is 9.55 Å². The topological polar surface area (TPSA) is 27.1 Å². The Bertz CT molecular complexity index is 684. The third-order valence-electron chi connectivity index (χ3n) is 2.97. The molecular weight excluding hydrogens is 244 g/mol. The van der Waals surface area contributed by atoms with Gasteiger partial charge in [0.25, 0.3) is 0 Å². The zero-order valence-corrected chi connectivity index (χ0v) is 11.2. The van der Waals surface area contributed by atoms with E-state index in [0.717, 1.165) is 17.3 Å². The lowest BCUT2D eigenvalue weighted by atomic mass is 10.2. The van der Waals surface area contributed by atoms with E-state index in [-0.39, 0.29) is 0 Å². The summed E-state index contributed by atoms with van der Waals surface area (Å²) in [5.74, 6) is 0.897. The molecule has 0 saturated carbocycles. The van der Waals surface area contributed by atoms with Gasteiger partial charge in [-0.15, -0.1) is 11.3 Å². The molecule has 3 rings (SSSR count). The van der Waals surface area contributed by atoms with Gasteiger partial charge in [-0.3, -0.25) is 0 Å². The second kappa shape index (κ2) is 4.46. The molecule has 0 bridgehead atoms. The molecule has 0 aliphatic rings. The van der Waals surface area contributed by atoms with Crippen LogP contribution in [-0.2, 0) is 6.54 Å². The van der Waals surface area contributed by atoms with Crippen LogP contribution in [-0.4, -0.2) is 16.7 Å². The van der Waals surface area contributed by atoms with Gasteiger partial charge in [0.1, 0.15) is 5.75 Å². The molecule has 0 fully saturated rings. The van der Waals surface area contributed by atoms with Gasteiger partial charge in [0.05, 0.1) is 18.7 Å². The van der Waals surface area contributed by atoms with Crippen molar-refractivity contribution in [2.24, 2.45) is 0 Å². The Morgan fingerprint density at radius 2 is 2.22 bits per heavy atom. The first kappa shape index (κ1) is 11.3. The molecule has 0 aliphatic heterocycles. The molecule has 3 aromatic rings. The smallest absolute Gasteiger partial charge is 0.119 e. The van der Waals surface area contributed by atoms with E-state index in [1.54, 1.807) is 18.4 Å². The SMILES string of the molecule is COc1ccc2c(ccn2Cc2cnc(C)s2)c1. The lowest BCUT2D eigenvalue weighted by molar-refractivity contribution is 0.415. The van der Waals surface area contributed by atoms with Crippen molar-refractivity contribution in [1.29, 1.82) is 0 Å². The summed E-state index contributed by atoms with van der Waals surface area (Å²) in [6.45, 7) is 2.91. The molecule has 2 aromatic heterocycles. The summed E-state index contributed by atoms with van der Waals surface area (Å²) in [6, 6.07) is 8.27. The van der Waals surface area contributed by atoms with Crippen molar-refractivity contribution in [3.63, 3.8) is 0 Å². The largest absolute Gasteiger partial charge is 0.497 e. The molecule has 3 nitrogen and oxygen atoms in total. The van der Waals surface area contributed by atoms with Crippen molar-refractivity contribution in [3.05, 3.63) is 46.5 Å². The van der Waals surface area contributed by atoms with Crippen LogP contribution in [0.2, 0.25) is 0 Å². The van der Waals surface area contributed by atoms with Crippen molar-refractivity contribution in [2.75, 3.05) is 7.11 Å². The molecule has 0 atom stereocenters. The first-order valence-corrected chi connectivity index (χ1v) is 6.62. The van der Waals surface area contributed by atoms with Crippen molar-refractivity contribution in [2.45, 2.75) is 13.5 Å². The molecule has 0 saturated heterocycles. The average molecular weight is 258 g/mol. The molecule has 2 heterocycles. The number of thiazole rings is 1. The Morgan fingerprint density at radius 1 is 1.33 bits per heavy atom. The van der Waals surface area contributed by atoms with Gasteiger partial charge in [0.2, 0.25) is 0 Å². The second-order valence-electron chi connectivity index (χ2n) is 4.21. The Morgan fingerprint density at radius 3 is 2.94 bits per heavy atom. The van der Waals surface area contributed by atoms with Crippen LogP contribution in [0.3, 0.4) is 0 Å². The van der Waals surface area contributed by atoms with Crippen LogP contribution in [0.4, 0.5) is 0 Å². The number of fused-ring (bicyclic) bond motifs is 1. The maximum absolute atomic E-state index is 5.24. The van der Waals surface area contributed by atoms with Gasteiger partial charge in [0, 0.05) is 28.2 Å². The summed E-state index contributed by atoms with van der Waals surface area (Å²) < 4.78 is 7.47. The minimum atomic E-state index is 0.876. The Labute approximate surface area is 110 Å². The molecule has 0 radical (unpaired) electrons. The highest BCUT2D eigenvalue weighted by Crippen LogP contribution is 2.23. The number of ether oxygens (including phenoxy) is 1. The zero-order chi connectivity index (χ0) is 12.5. The third-order valence-corrected chi connectivity index (χ3v) is 3.87. The summed E-state index contributed by atoms with van der Waals surface area (Å²) in [4.78, 5) is 5.57. The number of rotatable bonds is 3. The lowest BCUT2D eigenvalue weighted by Crippen LogP contribution is -1.95. The Hall–Kier alpha value is -1.81. The van der Waals surface area contributed by atoms with E-state index in [9.17, 15) is 0 Å². The minimum Gasteiger partial charge on any atom is -0.497 e. The lowest BCUT2D eigenvalue weighted by Gasteiger charge is -2.04. The number of hydrogen-bond acceptors (Lipinski definition) is 3. The molecule has 0 aliphatic carbocycles. The highest BCUT2D eigenvalue weighted by molar-refractivity contribution is 7.11. The molecule has 0 unspecified atom stereocenters. The fraction of sp³-hybridized carbons (Fsp3) is 0.214. The number of benzene rings is 1. The fourth-order valence-electron chi connectivity index (χ4n) is 2.09. The van der Waals surface area contributed by atoms with E-state index >= 15 is 0 Å². The third kappa shape index (κ3) is 1.99. The highest BCUT2D eigenvalue weighted by atomic mass is 32.1. The van der Waals surface area contributed by atoms with Gasteiger partial charge in [0.15, 0.2) is 0 Å². The highest BCUT2D eigenvalue weighted by Gasteiger charge is 2.05. The predicted octanol–water partition coefficient (Wildman–Crippen LogP) is 3.46. The van der Waals surface area contributed by atoms with Crippen LogP contribution >= 0.6 is 11.3 Å². The first-order valence-electron chi connectivity index (χ1n) is 5.80. The number of nitrogens with zero attached hydrogens (tertiary/aromatic N) is 2. The van der Waals surface area contributed by atoms with Crippen LogP contribution in [0.1, 0.15) is 9.88 Å². The minimum absolute atomic E-state index is 0.876. The van der Waals surface area contributed by atoms with E-state index in [1.165, 1.54) is 15.8 Å². The summed E-state index contributed by atoms with van der Waals surface area (Å²) in [7, 11) is 1.69. The van der Waals surface area contributed by atoms with Crippen molar-refractivity contribution >= 4 is 22.2 Å². The van der Waals surface area contributed by atoms with Crippen LogP contribution in [0.15, 0.2) is 36.7 Å². The van der Waals surface area contributed by atoms with Crippen LogP contribution in [0.5, 0.6) is 5.75 Å². The van der Waals surface area contributed by atoms with Crippen LogP contribution < -0.4 is 4.74 Å². The molecular formula is C14H14N2OS. The van der Waals surface area contributed by atoms with Gasteiger partial charge < -0.3 is 9.30 Å². The summed E-state index contributed by atoms with van der Waals surface area (Å²) in [5.41, 5.74) is 1.22.